The fourth-order valence-electron chi connectivity index (χ4n) is 1.63. The van der Waals surface area contributed by atoms with Crippen molar-refractivity contribution in [2.75, 3.05) is 17.0 Å². The molecule has 1 aromatic carbocycles. The van der Waals surface area contributed by atoms with Gasteiger partial charge in [-0.1, -0.05) is 44.2 Å². The molecule has 0 aliphatic heterocycles. The Bertz CT molecular complexity index is 637. The summed E-state index contributed by atoms with van der Waals surface area (Å²) in [6.07, 6.45) is 0. The molecule has 4 nitrogen and oxygen atoms in total. The second-order valence-electron chi connectivity index (χ2n) is 5.62. The average molecular weight is 315 g/mol. The Morgan fingerprint density at radius 1 is 1.35 bits per heavy atom. The lowest BCUT2D eigenvalue weighted by Crippen LogP contribution is -2.26. The molecule has 0 saturated heterocycles. The maximum absolute atomic E-state index is 12.1. The van der Waals surface area contributed by atoms with Gasteiger partial charge in [-0.25, -0.2) is 8.42 Å². The normalized spacial score (nSPS) is 11.7. The molecule has 0 bridgehead atoms. The number of benzene rings is 1. The number of nitrogens with one attached hydrogen (secondary N) is 1. The minimum absolute atomic E-state index is 0.0102. The van der Waals surface area contributed by atoms with Crippen LogP contribution >= 0.6 is 11.6 Å². The minimum atomic E-state index is -3.46. The van der Waals surface area contributed by atoms with E-state index in [0.29, 0.717) is 16.3 Å². The number of sulfonamides is 1. The van der Waals surface area contributed by atoms with E-state index in [2.05, 4.69) is 16.6 Å². The van der Waals surface area contributed by atoms with Crippen LogP contribution in [0.1, 0.15) is 26.3 Å². The quantitative estimate of drug-likeness (QED) is 0.842. The van der Waals surface area contributed by atoms with Crippen molar-refractivity contribution < 1.29 is 8.42 Å². The zero-order valence-corrected chi connectivity index (χ0v) is 13.4. The van der Waals surface area contributed by atoms with E-state index in [0.717, 1.165) is 0 Å². The van der Waals surface area contributed by atoms with Crippen LogP contribution in [0, 0.1) is 17.3 Å². The number of hydrogen-bond donors (Lipinski definition) is 2. The Labute approximate surface area is 125 Å². The van der Waals surface area contributed by atoms with Gasteiger partial charge in [0.2, 0.25) is 10.0 Å². The highest BCUT2D eigenvalue weighted by Crippen LogP contribution is 2.23. The molecule has 0 amide bonds. The minimum Gasteiger partial charge on any atom is -0.320 e. The summed E-state index contributed by atoms with van der Waals surface area (Å²) in [6, 6.07) is 4.87. The van der Waals surface area contributed by atoms with E-state index in [4.69, 9.17) is 17.3 Å². The first-order chi connectivity index (χ1) is 9.13. The number of halogens is 1. The van der Waals surface area contributed by atoms with Crippen molar-refractivity contribution in [3.05, 3.63) is 28.8 Å². The molecule has 0 fully saturated rings. The maximum Gasteiger partial charge on any atom is 0.233 e. The molecule has 0 aliphatic rings. The SMILES string of the molecule is CC(C)(C)CS(=O)(=O)Nc1cc(Cl)ccc1C#CCN. The van der Waals surface area contributed by atoms with E-state index < -0.39 is 10.0 Å². The summed E-state index contributed by atoms with van der Waals surface area (Å²) in [7, 11) is -3.46. The van der Waals surface area contributed by atoms with E-state index >= 15 is 0 Å². The molecule has 0 saturated carbocycles. The van der Waals surface area contributed by atoms with E-state index in [1.807, 2.05) is 20.8 Å². The van der Waals surface area contributed by atoms with Crippen LogP contribution in [0.5, 0.6) is 0 Å². The molecular weight excluding hydrogens is 296 g/mol. The van der Waals surface area contributed by atoms with Gasteiger partial charge in [0.1, 0.15) is 0 Å². The summed E-state index contributed by atoms with van der Waals surface area (Å²) >= 11 is 5.91. The third-order valence-corrected chi connectivity index (χ3v) is 4.21. The summed E-state index contributed by atoms with van der Waals surface area (Å²) in [4.78, 5) is 0. The number of anilines is 1. The molecule has 0 atom stereocenters. The Morgan fingerprint density at radius 3 is 2.55 bits per heavy atom. The lowest BCUT2D eigenvalue weighted by Gasteiger charge is -2.19. The van der Waals surface area contributed by atoms with Gasteiger partial charge in [0.15, 0.2) is 0 Å². The van der Waals surface area contributed by atoms with Crippen molar-refractivity contribution in [1.82, 2.24) is 0 Å². The lowest BCUT2D eigenvalue weighted by atomic mass is 10.0. The Morgan fingerprint density at radius 2 is 2.00 bits per heavy atom. The highest BCUT2D eigenvalue weighted by molar-refractivity contribution is 7.92. The van der Waals surface area contributed by atoms with Crippen molar-refractivity contribution in [3.63, 3.8) is 0 Å². The van der Waals surface area contributed by atoms with Gasteiger partial charge in [0, 0.05) is 10.6 Å². The molecule has 3 N–H and O–H groups in total. The average Bonchev–Trinajstić information content (AvgIpc) is 2.24. The molecule has 0 unspecified atom stereocenters. The molecule has 0 aliphatic carbocycles. The Kier molecular flexibility index (Phi) is 5.46. The molecular formula is C14H19ClN2O2S. The van der Waals surface area contributed by atoms with Crippen LogP contribution in [0.3, 0.4) is 0 Å². The van der Waals surface area contributed by atoms with Gasteiger partial charge < -0.3 is 5.73 Å². The lowest BCUT2D eigenvalue weighted by molar-refractivity contribution is 0.463. The summed E-state index contributed by atoms with van der Waals surface area (Å²) in [5.41, 5.74) is 5.92. The third kappa shape index (κ3) is 5.83. The first-order valence-electron chi connectivity index (χ1n) is 6.12. The predicted octanol–water partition coefficient (Wildman–Crippen LogP) is 2.44. The first kappa shape index (κ1) is 16.8. The zero-order valence-electron chi connectivity index (χ0n) is 11.8. The molecule has 6 heteroatoms. The van der Waals surface area contributed by atoms with Crippen molar-refractivity contribution in [3.8, 4) is 11.8 Å². The number of hydrogen-bond acceptors (Lipinski definition) is 3. The second-order valence-corrected chi connectivity index (χ2v) is 7.78. The highest BCUT2D eigenvalue weighted by atomic mass is 35.5. The van der Waals surface area contributed by atoms with Gasteiger partial charge in [-0.2, -0.15) is 0 Å². The maximum atomic E-state index is 12.1. The van der Waals surface area contributed by atoms with Crippen LogP contribution in [0.15, 0.2) is 18.2 Å². The highest BCUT2D eigenvalue weighted by Gasteiger charge is 2.22. The molecule has 110 valence electrons. The topological polar surface area (TPSA) is 72.2 Å². The summed E-state index contributed by atoms with van der Waals surface area (Å²) in [5, 5.41) is 0.441. The molecule has 1 rings (SSSR count). The molecule has 0 heterocycles. The van der Waals surface area contributed by atoms with Crippen LogP contribution < -0.4 is 10.5 Å². The first-order valence-corrected chi connectivity index (χ1v) is 8.15. The van der Waals surface area contributed by atoms with Crippen molar-refractivity contribution in [2.45, 2.75) is 20.8 Å². The fraction of sp³-hybridized carbons (Fsp3) is 0.429. The smallest absolute Gasteiger partial charge is 0.233 e. The van der Waals surface area contributed by atoms with Gasteiger partial charge in [0.05, 0.1) is 18.0 Å². The molecule has 1 aromatic rings. The van der Waals surface area contributed by atoms with Crippen molar-refractivity contribution >= 4 is 27.3 Å². The predicted molar refractivity (Wildman–Crippen MR) is 84.2 cm³/mol. The van der Waals surface area contributed by atoms with Gasteiger partial charge in [-0.15, -0.1) is 0 Å². The van der Waals surface area contributed by atoms with Crippen LogP contribution in [0.4, 0.5) is 5.69 Å². The van der Waals surface area contributed by atoms with Crippen molar-refractivity contribution in [1.29, 1.82) is 0 Å². The summed E-state index contributed by atoms with van der Waals surface area (Å²) in [6.45, 7) is 5.79. The zero-order chi connectivity index (χ0) is 15.4. The van der Waals surface area contributed by atoms with Crippen LogP contribution in [0.25, 0.3) is 0 Å². The Balaban J connectivity index is 3.11. The summed E-state index contributed by atoms with van der Waals surface area (Å²) < 4.78 is 26.8. The molecule has 0 aromatic heterocycles. The monoisotopic (exact) mass is 314 g/mol. The largest absolute Gasteiger partial charge is 0.320 e. The fourth-order valence-corrected chi connectivity index (χ4v) is 3.52. The third-order valence-electron chi connectivity index (χ3n) is 2.20. The van der Waals surface area contributed by atoms with Crippen LogP contribution in [-0.2, 0) is 10.0 Å². The van der Waals surface area contributed by atoms with Gasteiger partial charge in [-0.3, -0.25) is 4.72 Å². The van der Waals surface area contributed by atoms with Crippen LogP contribution in [0.2, 0.25) is 5.02 Å². The van der Waals surface area contributed by atoms with E-state index in [-0.39, 0.29) is 17.7 Å². The Hall–Kier alpha value is -1.22. The summed E-state index contributed by atoms with van der Waals surface area (Å²) in [5.74, 6) is 5.53. The molecule has 0 radical (unpaired) electrons. The molecule has 0 spiro atoms. The second kappa shape index (κ2) is 6.49. The van der Waals surface area contributed by atoms with Crippen molar-refractivity contribution in [2.24, 2.45) is 11.1 Å². The van der Waals surface area contributed by atoms with E-state index in [9.17, 15) is 8.42 Å². The van der Waals surface area contributed by atoms with E-state index in [1.165, 1.54) is 0 Å². The number of rotatable bonds is 3. The molecule has 20 heavy (non-hydrogen) atoms. The van der Waals surface area contributed by atoms with Gasteiger partial charge in [0.25, 0.3) is 0 Å². The number of nitrogens with two attached hydrogens (primary N) is 1. The van der Waals surface area contributed by atoms with E-state index in [1.54, 1.807) is 18.2 Å². The van der Waals surface area contributed by atoms with Gasteiger partial charge >= 0.3 is 0 Å². The standard InChI is InChI=1S/C14H19ClN2O2S/c1-14(2,3)10-20(18,19)17-13-9-12(15)7-6-11(13)5-4-8-16/h6-7,9,17H,8,10,16H2,1-3H3. The van der Waals surface area contributed by atoms with Crippen LogP contribution in [-0.4, -0.2) is 20.7 Å². The van der Waals surface area contributed by atoms with Gasteiger partial charge in [-0.05, 0) is 23.6 Å².